The summed E-state index contributed by atoms with van der Waals surface area (Å²) in [5.74, 6) is -1.83. The second-order valence-electron chi connectivity index (χ2n) is 7.80. The zero-order chi connectivity index (χ0) is 20.1. The number of nitrogens with one attached hydrogen (secondary N) is 2. The van der Waals surface area contributed by atoms with Crippen molar-refractivity contribution in [2.75, 3.05) is 20.2 Å². The standard InChI is InChI=1S/C20H33N3O4/c1-5-7-13-8-9-14-16(15(13)18(25)21-4)20(27)23(10-6-11-24)17(14)19(26)22-12(2)3/h8-9,12-17,24H,5-7,10-11H2,1-4H3,(H,21,25)(H,22,26)/t13-,14+,15-,16+,17+/m1/s1. The average molecular weight is 380 g/mol. The van der Waals surface area contributed by atoms with Crippen molar-refractivity contribution >= 4 is 17.7 Å². The third-order valence-corrected chi connectivity index (χ3v) is 5.54. The molecule has 0 radical (unpaired) electrons. The zero-order valence-corrected chi connectivity index (χ0v) is 16.8. The van der Waals surface area contributed by atoms with E-state index in [-0.39, 0.29) is 42.2 Å². The summed E-state index contributed by atoms with van der Waals surface area (Å²) in [5, 5.41) is 14.8. The minimum atomic E-state index is -0.637. The summed E-state index contributed by atoms with van der Waals surface area (Å²) in [6, 6.07) is -0.677. The van der Waals surface area contributed by atoms with Crippen LogP contribution >= 0.6 is 0 Å². The average Bonchev–Trinajstić information content (AvgIpc) is 2.91. The Morgan fingerprint density at radius 1 is 1.26 bits per heavy atom. The summed E-state index contributed by atoms with van der Waals surface area (Å²) in [5.41, 5.74) is 0. The molecule has 7 heteroatoms. The van der Waals surface area contributed by atoms with Crippen LogP contribution in [0.5, 0.6) is 0 Å². The van der Waals surface area contributed by atoms with Crippen LogP contribution in [0.2, 0.25) is 0 Å². The molecule has 0 saturated carbocycles. The van der Waals surface area contributed by atoms with Gasteiger partial charge in [0, 0.05) is 32.2 Å². The van der Waals surface area contributed by atoms with E-state index in [0.717, 1.165) is 12.8 Å². The number of hydrogen-bond acceptors (Lipinski definition) is 4. The summed E-state index contributed by atoms with van der Waals surface area (Å²) in [6.07, 6.45) is 6.13. The van der Waals surface area contributed by atoms with E-state index in [2.05, 4.69) is 17.6 Å². The monoisotopic (exact) mass is 379 g/mol. The minimum absolute atomic E-state index is 0.00764. The Balaban J connectivity index is 2.42. The highest BCUT2D eigenvalue weighted by atomic mass is 16.3. The number of nitrogens with zero attached hydrogens (tertiary/aromatic N) is 1. The molecule has 0 aromatic heterocycles. The maximum atomic E-state index is 13.3. The van der Waals surface area contributed by atoms with Gasteiger partial charge >= 0.3 is 0 Å². The molecular weight excluding hydrogens is 346 g/mol. The van der Waals surface area contributed by atoms with E-state index < -0.39 is 17.9 Å². The predicted molar refractivity (Wildman–Crippen MR) is 103 cm³/mol. The topological polar surface area (TPSA) is 98.7 Å². The smallest absolute Gasteiger partial charge is 0.243 e. The molecule has 0 aromatic carbocycles. The number of likely N-dealkylation sites (tertiary alicyclic amines) is 1. The molecule has 0 spiro atoms. The fraction of sp³-hybridized carbons (Fsp3) is 0.750. The van der Waals surface area contributed by atoms with Gasteiger partial charge in [-0.25, -0.2) is 0 Å². The van der Waals surface area contributed by atoms with Gasteiger partial charge in [0.15, 0.2) is 0 Å². The first-order valence-electron chi connectivity index (χ1n) is 9.98. The number of fused-ring (bicyclic) bond motifs is 1. The van der Waals surface area contributed by atoms with Gasteiger partial charge in [-0.3, -0.25) is 14.4 Å². The van der Waals surface area contributed by atoms with Gasteiger partial charge in [0.05, 0.1) is 11.8 Å². The molecule has 7 nitrogen and oxygen atoms in total. The molecule has 2 aliphatic rings. The molecular formula is C20H33N3O4. The van der Waals surface area contributed by atoms with Gasteiger partial charge in [-0.2, -0.15) is 0 Å². The van der Waals surface area contributed by atoms with E-state index in [0.29, 0.717) is 13.0 Å². The molecule has 3 amide bonds. The summed E-state index contributed by atoms with van der Waals surface area (Å²) in [7, 11) is 1.59. The fourth-order valence-corrected chi connectivity index (χ4v) is 4.48. The van der Waals surface area contributed by atoms with E-state index in [9.17, 15) is 19.5 Å². The van der Waals surface area contributed by atoms with Crippen LogP contribution in [0.1, 0.15) is 40.0 Å². The summed E-state index contributed by atoms with van der Waals surface area (Å²) in [6.45, 7) is 6.08. The van der Waals surface area contributed by atoms with Crippen LogP contribution in [-0.2, 0) is 14.4 Å². The van der Waals surface area contributed by atoms with Gasteiger partial charge < -0.3 is 20.6 Å². The van der Waals surface area contributed by atoms with Crippen LogP contribution in [0.15, 0.2) is 12.2 Å². The maximum Gasteiger partial charge on any atom is 0.243 e. The second-order valence-corrected chi connectivity index (χ2v) is 7.80. The molecule has 0 bridgehead atoms. The number of amides is 3. The van der Waals surface area contributed by atoms with Crippen molar-refractivity contribution < 1.29 is 19.5 Å². The first kappa shape index (κ1) is 21.4. The van der Waals surface area contributed by atoms with Crippen molar-refractivity contribution in [3.05, 3.63) is 12.2 Å². The molecule has 0 aromatic rings. The Labute approximate surface area is 161 Å². The molecule has 27 heavy (non-hydrogen) atoms. The Morgan fingerprint density at radius 3 is 2.52 bits per heavy atom. The van der Waals surface area contributed by atoms with Crippen molar-refractivity contribution in [2.24, 2.45) is 23.7 Å². The van der Waals surface area contributed by atoms with Crippen molar-refractivity contribution in [1.82, 2.24) is 15.5 Å². The first-order valence-corrected chi connectivity index (χ1v) is 9.98. The molecule has 1 aliphatic heterocycles. The largest absolute Gasteiger partial charge is 0.396 e. The Morgan fingerprint density at radius 2 is 1.96 bits per heavy atom. The van der Waals surface area contributed by atoms with E-state index >= 15 is 0 Å². The number of hydrogen-bond donors (Lipinski definition) is 3. The van der Waals surface area contributed by atoms with Gasteiger partial charge in [0.1, 0.15) is 6.04 Å². The van der Waals surface area contributed by atoms with E-state index in [1.54, 1.807) is 11.9 Å². The molecule has 2 rings (SSSR count). The van der Waals surface area contributed by atoms with Crippen molar-refractivity contribution in [1.29, 1.82) is 0 Å². The van der Waals surface area contributed by atoms with E-state index in [1.807, 2.05) is 26.0 Å². The van der Waals surface area contributed by atoms with Crippen molar-refractivity contribution in [3.63, 3.8) is 0 Å². The molecule has 3 N–H and O–H groups in total. The highest BCUT2D eigenvalue weighted by molar-refractivity contribution is 5.96. The molecule has 1 saturated heterocycles. The van der Waals surface area contributed by atoms with Crippen LogP contribution in [0, 0.1) is 23.7 Å². The lowest BCUT2D eigenvalue weighted by Crippen LogP contribution is -2.49. The number of carbonyl (C=O) groups is 3. The van der Waals surface area contributed by atoms with Crippen LogP contribution in [-0.4, -0.2) is 60.0 Å². The highest BCUT2D eigenvalue weighted by Gasteiger charge is 2.56. The van der Waals surface area contributed by atoms with Gasteiger partial charge in [-0.05, 0) is 32.6 Å². The van der Waals surface area contributed by atoms with Gasteiger partial charge in [0.2, 0.25) is 17.7 Å². The number of aliphatic hydroxyl groups is 1. The third kappa shape index (κ3) is 4.34. The normalized spacial score (nSPS) is 29.8. The molecule has 1 heterocycles. The van der Waals surface area contributed by atoms with E-state index in [4.69, 9.17) is 0 Å². The Bertz CT molecular complexity index is 590. The SMILES string of the molecule is CCC[C@@H]1C=C[C@H]2[C@H](C(=O)N(CCCO)[C@@H]2C(=O)NC(C)C)[C@@H]1C(=O)NC. The van der Waals surface area contributed by atoms with Gasteiger partial charge in [-0.15, -0.1) is 0 Å². The fourth-order valence-electron chi connectivity index (χ4n) is 4.48. The lowest BCUT2D eigenvalue weighted by molar-refractivity contribution is -0.141. The minimum Gasteiger partial charge on any atom is -0.396 e. The highest BCUT2D eigenvalue weighted by Crippen LogP contribution is 2.45. The number of aliphatic hydroxyl groups excluding tert-OH is 1. The molecule has 1 fully saturated rings. The lowest BCUT2D eigenvalue weighted by atomic mass is 9.68. The first-order chi connectivity index (χ1) is 12.9. The molecule has 152 valence electrons. The lowest BCUT2D eigenvalue weighted by Gasteiger charge is -2.34. The number of rotatable bonds is 8. The zero-order valence-electron chi connectivity index (χ0n) is 16.8. The van der Waals surface area contributed by atoms with Crippen LogP contribution in [0.3, 0.4) is 0 Å². The molecule has 0 unspecified atom stereocenters. The van der Waals surface area contributed by atoms with Crippen LogP contribution in [0.25, 0.3) is 0 Å². The molecule has 5 atom stereocenters. The Hall–Kier alpha value is -1.89. The summed E-state index contributed by atoms with van der Waals surface area (Å²) < 4.78 is 0. The molecule has 1 aliphatic carbocycles. The van der Waals surface area contributed by atoms with E-state index in [1.165, 1.54) is 0 Å². The van der Waals surface area contributed by atoms with Crippen LogP contribution in [0.4, 0.5) is 0 Å². The predicted octanol–water partition coefficient (Wildman–Crippen LogP) is 0.685. The summed E-state index contributed by atoms with van der Waals surface area (Å²) >= 11 is 0. The number of allylic oxidation sites excluding steroid dienone is 1. The second kappa shape index (κ2) is 9.35. The van der Waals surface area contributed by atoms with Crippen molar-refractivity contribution in [2.45, 2.75) is 52.1 Å². The van der Waals surface area contributed by atoms with Gasteiger partial charge in [-0.1, -0.05) is 25.5 Å². The van der Waals surface area contributed by atoms with Gasteiger partial charge in [0.25, 0.3) is 0 Å². The maximum absolute atomic E-state index is 13.3. The summed E-state index contributed by atoms with van der Waals surface area (Å²) in [4.78, 5) is 40.4. The van der Waals surface area contributed by atoms with Crippen molar-refractivity contribution in [3.8, 4) is 0 Å². The Kier molecular flexibility index (Phi) is 7.41. The van der Waals surface area contributed by atoms with Crippen LogP contribution < -0.4 is 10.6 Å². The third-order valence-electron chi connectivity index (χ3n) is 5.54. The quantitative estimate of drug-likeness (QED) is 0.540. The number of carbonyl (C=O) groups excluding carboxylic acids is 3.